The minimum atomic E-state index is -1.16. The maximum atomic E-state index is 14.1. The van der Waals surface area contributed by atoms with E-state index in [2.05, 4.69) is 5.32 Å². The van der Waals surface area contributed by atoms with E-state index in [0.717, 1.165) is 18.9 Å². The summed E-state index contributed by atoms with van der Waals surface area (Å²) < 4.78 is 19.3. The molecule has 0 bridgehead atoms. The number of rotatable bonds is 4. The van der Waals surface area contributed by atoms with Crippen molar-refractivity contribution >= 4 is 12.1 Å². The molecule has 0 aromatic heterocycles. The highest BCUT2D eigenvalue weighted by molar-refractivity contribution is 5.87. The lowest BCUT2D eigenvalue weighted by molar-refractivity contribution is 0.0521. The van der Waals surface area contributed by atoms with Gasteiger partial charge in [0.25, 0.3) is 0 Å². The monoisotopic (exact) mass is 309 g/mol. The lowest BCUT2D eigenvalue weighted by Gasteiger charge is -2.22. The molecule has 1 saturated carbocycles. The largest absolute Gasteiger partial charge is 0.478 e. The SMILES string of the molecule is CC(C)(C)OC(=O)NCC1(c2ccc(C(=O)O)cc2F)CC1. The molecule has 6 heteroatoms. The lowest BCUT2D eigenvalue weighted by Crippen LogP contribution is -2.37. The van der Waals surface area contributed by atoms with Crippen LogP contribution in [0.3, 0.4) is 0 Å². The molecule has 1 amide bonds. The molecular weight excluding hydrogens is 289 g/mol. The molecule has 0 atom stereocenters. The lowest BCUT2D eigenvalue weighted by atomic mass is 9.94. The van der Waals surface area contributed by atoms with Crippen molar-refractivity contribution in [2.24, 2.45) is 0 Å². The number of nitrogens with one attached hydrogen (secondary N) is 1. The van der Waals surface area contributed by atoms with Gasteiger partial charge in [0.1, 0.15) is 11.4 Å². The minimum Gasteiger partial charge on any atom is -0.478 e. The van der Waals surface area contributed by atoms with Gasteiger partial charge in [-0.05, 0) is 51.3 Å². The van der Waals surface area contributed by atoms with Crippen molar-refractivity contribution in [2.45, 2.75) is 44.6 Å². The number of ether oxygens (including phenoxy) is 1. The van der Waals surface area contributed by atoms with Gasteiger partial charge < -0.3 is 15.2 Å². The van der Waals surface area contributed by atoms with E-state index in [1.54, 1.807) is 20.8 Å². The summed E-state index contributed by atoms with van der Waals surface area (Å²) in [5, 5.41) is 11.5. The molecule has 1 aliphatic carbocycles. The number of hydrogen-bond donors (Lipinski definition) is 2. The van der Waals surface area contributed by atoms with Crippen molar-refractivity contribution in [3.8, 4) is 0 Å². The highest BCUT2D eigenvalue weighted by Crippen LogP contribution is 2.48. The van der Waals surface area contributed by atoms with Gasteiger partial charge in [-0.15, -0.1) is 0 Å². The molecule has 1 aliphatic rings. The van der Waals surface area contributed by atoms with Gasteiger partial charge in [-0.1, -0.05) is 6.07 Å². The molecule has 1 aromatic rings. The molecule has 22 heavy (non-hydrogen) atoms. The third kappa shape index (κ3) is 3.75. The second kappa shape index (κ2) is 5.59. The highest BCUT2D eigenvalue weighted by Gasteiger charge is 2.46. The zero-order chi connectivity index (χ0) is 16.5. The number of aromatic carboxylic acids is 1. The molecule has 2 N–H and O–H groups in total. The van der Waals surface area contributed by atoms with Crippen LogP contribution in [0.15, 0.2) is 18.2 Å². The highest BCUT2D eigenvalue weighted by atomic mass is 19.1. The van der Waals surface area contributed by atoms with E-state index in [4.69, 9.17) is 9.84 Å². The predicted octanol–water partition coefficient (Wildman–Crippen LogP) is 3.08. The average Bonchev–Trinajstić information content (AvgIpc) is 3.15. The minimum absolute atomic E-state index is 0.0860. The molecule has 0 aliphatic heterocycles. The van der Waals surface area contributed by atoms with Gasteiger partial charge in [0.05, 0.1) is 5.56 Å². The Bertz CT molecular complexity index is 603. The molecule has 120 valence electrons. The molecule has 0 saturated heterocycles. The summed E-state index contributed by atoms with van der Waals surface area (Å²) in [6.07, 6.45) is 0.944. The predicted molar refractivity (Wildman–Crippen MR) is 78.5 cm³/mol. The van der Waals surface area contributed by atoms with Crippen LogP contribution in [0.1, 0.15) is 49.5 Å². The fourth-order valence-corrected chi connectivity index (χ4v) is 2.33. The summed E-state index contributed by atoms with van der Waals surface area (Å²) >= 11 is 0. The number of carboxylic acids is 1. The molecule has 1 aromatic carbocycles. The molecule has 1 fully saturated rings. The van der Waals surface area contributed by atoms with Crippen molar-refractivity contribution in [1.82, 2.24) is 5.32 Å². The fraction of sp³-hybridized carbons (Fsp3) is 0.500. The Kier molecular flexibility index (Phi) is 4.13. The van der Waals surface area contributed by atoms with Crippen LogP contribution in [0.5, 0.6) is 0 Å². The van der Waals surface area contributed by atoms with E-state index in [9.17, 15) is 14.0 Å². The Labute approximate surface area is 128 Å². The summed E-state index contributed by atoms with van der Waals surface area (Å²) in [5.41, 5.74) is -0.696. The number of carboxylic acid groups (broad SMARTS) is 1. The maximum absolute atomic E-state index is 14.1. The fourth-order valence-electron chi connectivity index (χ4n) is 2.33. The van der Waals surface area contributed by atoms with Crippen LogP contribution in [0, 0.1) is 5.82 Å². The summed E-state index contributed by atoms with van der Waals surface area (Å²) in [7, 11) is 0. The van der Waals surface area contributed by atoms with Crippen LogP contribution < -0.4 is 5.32 Å². The van der Waals surface area contributed by atoms with Gasteiger partial charge in [0.2, 0.25) is 0 Å². The molecule has 0 heterocycles. The number of benzene rings is 1. The second-order valence-corrected chi connectivity index (χ2v) is 6.64. The van der Waals surface area contributed by atoms with E-state index in [-0.39, 0.29) is 12.1 Å². The first-order valence-electron chi connectivity index (χ1n) is 7.13. The summed E-state index contributed by atoms with van der Waals surface area (Å²) in [4.78, 5) is 22.5. The standard InChI is InChI=1S/C16H20FNO4/c1-15(2,3)22-14(21)18-9-16(6-7-16)11-5-4-10(13(19)20)8-12(11)17/h4-5,8H,6-7,9H2,1-3H3,(H,18,21)(H,19,20). The molecule has 0 unspecified atom stereocenters. The van der Waals surface area contributed by atoms with Gasteiger partial charge in [-0.25, -0.2) is 14.0 Å². The maximum Gasteiger partial charge on any atom is 0.407 e. The van der Waals surface area contributed by atoms with Crippen LogP contribution in [-0.2, 0) is 10.2 Å². The van der Waals surface area contributed by atoms with Gasteiger partial charge in [-0.3, -0.25) is 0 Å². The van der Waals surface area contributed by atoms with Crippen LogP contribution in [0.4, 0.5) is 9.18 Å². The molecule has 0 radical (unpaired) electrons. The van der Waals surface area contributed by atoms with Gasteiger partial charge >= 0.3 is 12.1 Å². The molecule has 5 nitrogen and oxygen atoms in total. The molecule has 2 rings (SSSR count). The van der Waals surface area contributed by atoms with Crippen LogP contribution >= 0.6 is 0 Å². The van der Waals surface area contributed by atoms with Crippen molar-refractivity contribution < 1.29 is 23.8 Å². The summed E-state index contributed by atoms with van der Waals surface area (Å²) in [5.74, 6) is -1.72. The van der Waals surface area contributed by atoms with E-state index in [1.165, 1.54) is 12.1 Å². The second-order valence-electron chi connectivity index (χ2n) is 6.64. The Balaban J connectivity index is 2.06. The number of hydrogen-bond acceptors (Lipinski definition) is 3. The number of amides is 1. The van der Waals surface area contributed by atoms with Crippen LogP contribution in [-0.4, -0.2) is 29.3 Å². The van der Waals surface area contributed by atoms with Crippen molar-refractivity contribution in [3.63, 3.8) is 0 Å². The Morgan fingerprint density at radius 3 is 2.45 bits per heavy atom. The number of alkyl carbamates (subject to hydrolysis) is 1. The normalized spacial score (nSPS) is 16.0. The van der Waals surface area contributed by atoms with Crippen LogP contribution in [0.2, 0.25) is 0 Å². The third-order valence-corrected chi connectivity index (χ3v) is 3.61. The zero-order valence-corrected chi connectivity index (χ0v) is 12.9. The summed E-state index contributed by atoms with van der Waals surface area (Å²) in [6.45, 7) is 5.57. The number of halogens is 1. The van der Waals surface area contributed by atoms with E-state index < -0.39 is 28.9 Å². The quantitative estimate of drug-likeness (QED) is 0.896. The van der Waals surface area contributed by atoms with Crippen LogP contribution in [0.25, 0.3) is 0 Å². The Morgan fingerprint density at radius 1 is 1.36 bits per heavy atom. The Morgan fingerprint density at radius 2 is 2.00 bits per heavy atom. The summed E-state index contributed by atoms with van der Waals surface area (Å²) in [6, 6.07) is 3.89. The first-order chi connectivity index (χ1) is 10.1. The van der Waals surface area contributed by atoms with Crippen molar-refractivity contribution in [3.05, 3.63) is 35.1 Å². The van der Waals surface area contributed by atoms with Crippen molar-refractivity contribution in [2.75, 3.05) is 6.54 Å². The average molecular weight is 309 g/mol. The number of carbonyl (C=O) groups is 2. The van der Waals surface area contributed by atoms with E-state index in [0.29, 0.717) is 5.56 Å². The van der Waals surface area contributed by atoms with Gasteiger partial charge in [0, 0.05) is 12.0 Å². The van der Waals surface area contributed by atoms with E-state index >= 15 is 0 Å². The van der Waals surface area contributed by atoms with Gasteiger partial charge in [0.15, 0.2) is 0 Å². The van der Waals surface area contributed by atoms with E-state index in [1.807, 2.05) is 0 Å². The first-order valence-corrected chi connectivity index (χ1v) is 7.13. The topological polar surface area (TPSA) is 75.6 Å². The number of carbonyl (C=O) groups excluding carboxylic acids is 1. The first kappa shape index (κ1) is 16.3. The molecular formula is C16H20FNO4. The van der Waals surface area contributed by atoms with Crippen molar-refractivity contribution in [1.29, 1.82) is 0 Å². The zero-order valence-electron chi connectivity index (χ0n) is 12.9. The van der Waals surface area contributed by atoms with Gasteiger partial charge in [-0.2, -0.15) is 0 Å². The molecule has 0 spiro atoms. The Hall–Kier alpha value is -2.11. The smallest absolute Gasteiger partial charge is 0.407 e. The third-order valence-electron chi connectivity index (χ3n) is 3.61.